The molecule has 0 spiro atoms. The van der Waals surface area contributed by atoms with Crippen LogP contribution in [-0.2, 0) is 9.47 Å². The third-order valence-corrected chi connectivity index (χ3v) is 3.49. The Kier molecular flexibility index (Phi) is 6.18. The maximum atomic E-state index is 11.8. The number of hydrogen-bond acceptors (Lipinski definition) is 8. The number of aromatic nitrogens is 1. The van der Waals surface area contributed by atoms with Crippen LogP contribution in [0.25, 0.3) is 0 Å². The number of hydrogen-bond donors (Lipinski definition) is 3. The Hall–Kier alpha value is -1.38. The van der Waals surface area contributed by atoms with Crippen molar-refractivity contribution in [3.63, 3.8) is 0 Å². The Morgan fingerprint density at radius 2 is 2.30 bits per heavy atom. The maximum Gasteiger partial charge on any atom is 0.344 e. The van der Waals surface area contributed by atoms with Gasteiger partial charge in [-0.25, -0.2) is 4.79 Å². The van der Waals surface area contributed by atoms with Gasteiger partial charge in [0.05, 0.1) is 12.2 Å². The first-order valence-corrected chi connectivity index (χ1v) is 7.06. The highest BCUT2D eigenvalue weighted by atomic mass is 32.1. The largest absolute Gasteiger partial charge is 0.462 e. The summed E-state index contributed by atoms with van der Waals surface area (Å²) < 4.78 is 13.8. The smallest absolute Gasteiger partial charge is 0.344 e. The minimum absolute atomic E-state index is 0.132. The number of carbonyl (C=O) groups excluding carboxylic acids is 1. The molecule has 1 atom stereocenters. The SMILES string of the molecule is CCOC(=O)c1c(N)nsc1NCC(C)(O)CCOC. The molecule has 114 valence electrons. The highest BCUT2D eigenvalue weighted by Crippen LogP contribution is 2.28. The fraction of sp³-hybridized carbons (Fsp3) is 0.667. The van der Waals surface area contributed by atoms with E-state index in [0.717, 1.165) is 11.5 Å². The number of carbonyl (C=O) groups is 1. The molecule has 0 aliphatic heterocycles. The van der Waals surface area contributed by atoms with Crippen molar-refractivity contribution in [3.05, 3.63) is 5.56 Å². The molecule has 8 heteroatoms. The number of methoxy groups -OCH3 is 1. The van der Waals surface area contributed by atoms with Crippen LogP contribution in [0.3, 0.4) is 0 Å². The van der Waals surface area contributed by atoms with Gasteiger partial charge in [0.15, 0.2) is 5.82 Å². The molecule has 7 nitrogen and oxygen atoms in total. The summed E-state index contributed by atoms with van der Waals surface area (Å²) in [7, 11) is 1.58. The predicted octanol–water partition coefficient (Wildman–Crippen LogP) is 1.10. The van der Waals surface area contributed by atoms with E-state index in [0.29, 0.717) is 18.0 Å². The minimum atomic E-state index is -0.958. The molecule has 0 aliphatic rings. The lowest BCUT2D eigenvalue weighted by molar-refractivity contribution is 0.0356. The maximum absolute atomic E-state index is 11.8. The van der Waals surface area contributed by atoms with Gasteiger partial charge in [0, 0.05) is 26.7 Å². The van der Waals surface area contributed by atoms with Crippen LogP contribution >= 0.6 is 11.5 Å². The van der Waals surface area contributed by atoms with E-state index in [1.54, 1.807) is 21.0 Å². The molecular weight excluding hydrogens is 282 g/mol. The zero-order chi connectivity index (χ0) is 15.2. The van der Waals surface area contributed by atoms with Crippen LogP contribution in [0, 0.1) is 0 Å². The summed E-state index contributed by atoms with van der Waals surface area (Å²) in [6.07, 6.45) is 0.472. The highest BCUT2D eigenvalue weighted by molar-refractivity contribution is 7.11. The second kappa shape index (κ2) is 7.41. The van der Waals surface area contributed by atoms with Gasteiger partial charge in [0.2, 0.25) is 0 Å². The molecule has 1 unspecified atom stereocenters. The lowest BCUT2D eigenvalue weighted by Crippen LogP contribution is -2.34. The number of esters is 1. The molecule has 1 heterocycles. The number of rotatable bonds is 8. The lowest BCUT2D eigenvalue weighted by atomic mass is 10.0. The number of aliphatic hydroxyl groups is 1. The molecule has 1 aromatic rings. The number of ether oxygens (including phenoxy) is 2. The molecule has 0 fully saturated rings. The Morgan fingerprint density at radius 3 is 2.90 bits per heavy atom. The number of nitrogens with zero attached hydrogens (tertiary/aromatic N) is 1. The van der Waals surface area contributed by atoms with Crippen LogP contribution in [0.4, 0.5) is 10.8 Å². The van der Waals surface area contributed by atoms with Gasteiger partial charge < -0.3 is 25.6 Å². The van der Waals surface area contributed by atoms with Crippen LogP contribution in [0.1, 0.15) is 30.6 Å². The Balaban J connectivity index is 2.71. The fourth-order valence-corrected chi connectivity index (χ4v) is 2.20. The van der Waals surface area contributed by atoms with Crippen molar-refractivity contribution in [1.29, 1.82) is 0 Å². The van der Waals surface area contributed by atoms with Gasteiger partial charge in [-0.1, -0.05) is 0 Å². The van der Waals surface area contributed by atoms with Crippen molar-refractivity contribution in [1.82, 2.24) is 4.37 Å². The number of nitrogen functional groups attached to an aromatic ring is 1. The average molecular weight is 303 g/mol. The quantitative estimate of drug-likeness (QED) is 0.617. The first kappa shape index (κ1) is 16.7. The van der Waals surface area contributed by atoms with E-state index < -0.39 is 11.6 Å². The van der Waals surface area contributed by atoms with Gasteiger partial charge in [-0.2, -0.15) is 4.37 Å². The molecular formula is C12H21N3O4S. The van der Waals surface area contributed by atoms with Crippen molar-refractivity contribution in [2.75, 3.05) is 37.9 Å². The van der Waals surface area contributed by atoms with Crippen molar-refractivity contribution in [2.24, 2.45) is 0 Å². The molecule has 0 aromatic carbocycles. The Morgan fingerprint density at radius 1 is 1.60 bits per heavy atom. The van der Waals surface area contributed by atoms with Crippen LogP contribution < -0.4 is 11.1 Å². The molecule has 0 amide bonds. The zero-order valence-electron chi connectivity index (χ0n) is 11.9. The van der Waals surface area contributed by atoms with Gasteiger partial charge in [-0.05, 0) is 25.4 Å². The summed E-state index contributed by atoms with van der Waals surface area (Å²) in [5.41, 5.74) is 4.93. The Labute approximate surface area is 122 Å². The first-order valence-electron chi connectivity index (χ1n) is 6.28. The summed E-state index contributed by atoms with van der Waals surface area (Å²) >= 11 is 1.07. The van der Waals surface area contributed by atoms with Gasteiger partial charge in [-0.15, -0.1) is 0 Å². The molecule has 0 bridgehead atoms. The predicted molar refractivity (Wildman–Crippen MR) is 78.1 cm³/mol. The summed E-state index contributed by atoms with van der Waals surface area (Å²) in [6, 6.07) is 0. The summed E-state index contributed by atoms with van der Waals surface area (Å²) in [5.74, 6) is -0.384. The Bertz CT molecular complexity index is 448. The second-order valence-electron chi connectivity index (χ2n) is 4.59. The number of nitrogens with two attached hydrogens (primary N) is 1. The second-order valence-corrected chi connectivity index (χ2v) is 5.36. The van der Waals surface area contributed by atoms with Gasteiger partial charge >= 0.3 is 5.97 Å². The zero-order valence-corrected chi connectivity index (χ0v) is 12.7. The molecule has 0 saturated carbocycles. The molecule has 1 aromatic heterocycles. The molecule has 4 N–H and O–H groups in total. The molecule has 1 rings (SSSR count). The van der Waals surface area contributed by atoms with Crippen molar-refractivity contribution in [3.8, 4) is 0 Å². The van der Waals surface area contributed by atoms with E-state index in [1.165, 1.54) is 0 Å². The van der Waals surface area contributed by atoms with Gasteiger partial charge in [-0.3, -0.25) is 0 Å². The van der Waals surface area contributed by atoms with E-state index >= 15 is 0 Å². The normalized spacial score (nSPS) is 13.8. The summed E-state index contributed by atoms with van der Waals surface area (Å²) in [4.78, 5) is 11.8. The molecule has 0 aliphatic carbocycles. The minimum Gasteiger partial charge on any atom is -0.462 e. The topological polar surface area (TPSA) is 107 Å². The number of anilines is 2. The third kappa shape index (κ3) is 4.62. The molecule has 0 radical (unpaired) electrons. The van der Waals surface area contributed by atoms with Crippen LogP contribution in [0.2, 0.25) is 0 Å². The molecule has 20 heavy (non-hydrogen) atoms. The summed E-state index contributed by atoms with van der Waals surface area (Å²) in [5, 5.41) is 13.6. The van der Waals surface area contributed by atoms with E-state index in [4.69, 9.17) is 15.2 Å². The van der Waals surface area contributed by atoms with Gasteiger partial charge in [0.1, 0.15) is 10.6 Å². The summed E-state index contributed by atoms with van der Waals surface area (Å²) in [6.45, 7) is 4.37. The van der Waals surface area contributed by atoms with Crippen LogP contribution in [-0.4, -0.2) is 47.9 Å². The first-order chi connectivity index (χ1) is 9.41. The molecule has 0 saturated heterocycles. The number of nitrogens with one attached hydrogen (secondary N) is 1. The average Bonchev–Trinajstić information content (AvgIpc) is 2.76. The van der Waals surface area contributed by atoms with Crippen molar-refractivity contribution < 1.29 is 19.4 Å². The fourth-order valence-electron chi connectivity index (χ4n) is 1.50. The third-order valence-electron chi connectivity index (χ3n) is 2.67. The van der Waals surface area contributed by atoms with E-state index in [-0.39, 0.29) is 24.5 Å². The van der Waals surface area contributed by atoms with Crippen molar-refractivity contribution in [2.45, 2.75) is 25.9 Å². The van der Waals surface area contributed by atoms with Crippen molar-refractivity contribution >= 4 is 28.3 Å². The van der Waals surface area contributed by atoms with Gasteiger partial charge in [0.25, 0.3) is 0 Å². The van der Waals surface area contributed by atoms with Crippen LogP contribution in [0.5, 0.6) is 0 Å². The van der Waals surface area contributed by atoms with Crippen LogP contribution in [0.15, 0.2) is 0 Å². The van der Waals surface area contributed by atoms with E-state index in [9.17, 15) is 9.90 Å². The van der Waals surface area contributed by atoms with E-state index in [2.05, 4.69) is 9.69 Å². The monoisotopic (exact) mass is 303 g/mol. The van der Waals surface area contributed by atoms with E-state index in [1.807, 2.05) is 0 Å². The lowest BCUT2D eigenvalue weighted by Gasteiger charge is -2.23. The highest BCUT2D eigenvalue weighted by Gasteiger charge is 2.24. The standard InChI is InChI=1S/C12H21N3O4S/c1-4-19-11(16)8-9(13)15-20-10(8)14-7-12(2,17)5-6-18-3/h14,17H,4-7H2,1-3H3,(H2,13,15).